The van der Waals surface area contributed by atoms with Crippen LogP contribution < -0.4 is 0 Å². The van der Waals surface area contributed by atoms with Crippen LogP contribution in [0.5, 0.6) is 0 Å². The van der Waals surface area contributed by atoms with Gasteiger partial charge in [-0.25, -0.2) is 0 Å². The van der Waals surface area contributed by atoms with Crippen LogP contribution in [0, 0.1) is 5.92 Å². The normalized spacial score (nSPS) is 36.6. The SMILES string of the molecule is COC(=O)CC1COC(C)(CC2CCCSC2)O1. The van der Waals surface area contributed by atoms with E-state index >= 15 is 0 Å². The smallest absolute Gasteiger partial charge is 0.308 e. The summed E-state index contributed by atoms with van der Waals surface area (Å²) in [6.07, 6.45) is 3.61. The Morgan fingerprint density at radius 1 is 1.56 bits per heavy atom. The maximum Gasteiger partial charge on any atom is 0.308 e. The molecule has 2 aliphatic heterocycles. The van der Waals surface area contributed by atoms with Gasteiger partial charge in [-0.15, -0.1) is 0 Å². The molecule has 0 aliphatic carbocycles. The standard InChI is InChI=1S/C13H22O4S/c1-13(7-10-4-3-5-18-9-10)16-8-11(17-13)6-12(14)15-2/h10-11H,3-9H2,1-2H3. The first kappa shape index (κ1) is 14.2. The van der Waals surface area contributed by atoms with Crippen LogP contribution in [0.25, 0.3) is 0 Å². The van der Waals surface area contributed by atoms with Gasteiger partial charge in [0.15, 0.2) is 5.79 Å². The van der Waals surface area contributed by atoms with E-state index in [0.29, 0.717) is 12.5 Å². The topological polar surface area (TPSA) is 44.8 Å². The molecule has 2 rings (SSSR count). The van der Waals surface area contributed by atoms with Gasteiger partial charge in [0.1, 0.15) is 0 Å². The van der Waals surface area contributed by atoms with E-state index < -0.39 is 5.79 Å². The molecule has 2 heterocycles. The van der Waals surface area contributed by atoms with E-state index in [1.165, 1.54) is 31.5 Å². The Morgan fingerprint density at radius 3 is 3.06 bits per heavy atom. The van der Waals surface area contributed by atoms with Gasteiger partial charge >= 0.3 is 5.97 Å². The van der Waals surface area contributed by atoms with Gasteiger partial charge in [0, 0.05) is 6.42 Å². The Balaban J connectivity index is 1.79. The average Bonchev–Trinajstić information content (AvgIpc) is 2.71. The van der Waals surface area contributed by atoms with Gasteiger partial charge in [-0.2, -0.15) is 11.8 Å². The molecule has 2 saturated heterocycles. The molecular formula is C13H22O4S. The third-order valence-electron chi connectivity index (χ3n) is 3.53. The predicted molar refractivity (Wildman–Crippen MR) is 70.5 cm³/mol. The monoisotopic (exact) mass is 274 g/mol. The van der Waals surface area contributed by atoms with Crippen LogP contribution in [0.1, 0.15) is 32.6 Å². The lowest BCUT2D eigenvalue weighted by atomic mass is 9.97. The fraction of sp³-hybridized carbons (Fsp3) is 0.923. The number of carbonyl (C=O) groups is 1. The molecule has 0 bridgehead atoms. The van der Waals surface area contributed by atoms with Crippen molar-refractivity contribution in [2.24, 2.45) is 5.92 Å². The molecule has 3 unspecified atom stereocenters. The minimum atomic E-state index is -0.513. The van der Waals surface area contributed by atoms with Gasteiger partial charge in [-0.3, -0.25) is 4.79 Å². The zero-order valence-electron chi connectivity index (χ0n) is 11.1. The summed E-state index contributed by atoms with van der Waals surface area (Å²) in [5.74, 6) is 2.40. The minimum absolute atomic E-state index is 0.154. The van der Waals surface area contributed by atoms with Gasteiger partial charge in [0.25, 0.3) is 0 Å². The second-order valence-electron chi connectivity index (χ2n) is 5.25. The summed E-state index contributed by atoms with van der Waals surface area (Å²) in [6.45, 7) is 2.48. The number of methoxy groups -OCH3 is 1. The number of carbonyl (C=O) groups excluding carboxylic acids is 1. The Morgan fingerprint density at radius 2 is 2.39 bits per heavy atom. The summed E-state index contributed by atoms with van der Waals surface area (Å²) in [7, 11) is 1.40. The van der Waals surface area contributed by atoms with E-state index in [1.54, 1.807) is 0 Å². The van der Waals surface area contributed by atoms with E-state index in [0.717, 1.165) is 6.42 Å². The van der Waals surface area contributed by atoms with E-state index in [4.69, 9.17) is 9.47 Å². The number of ether oxygens (including phenoxy) is 3. The van der Waals surface area contributed by atoms with Crippen molar-refractivity contribution in [2.45, 2.75) is 44.5 Å². The number of rotatable bonds is 4. The Bertz CT molecular complexity index is 291. The summed E-state index contributed by atoms with van der Waals surface area (Å²) in [5.41, 5.74) is 0. The van der Waals surface area contributed by atoms with Crippen molar-refractivity contribution in [3.8, 4) is 0 Å². The third-order valence-corrected chi connectivity index (χ3v) is 4.81. The molecule has 4 nitrogen and oxygen atoms in total. The summed E-state index contributed by atoms with van der Waals surface area (Å²) in [4.78, 5) is 11.2. The maximum atomic E-state index is 11.2. The van der Waals surface area contributed by atoms with Crippen LogP contribution >= 0.6 is 11.8 Å². The third kappa shape index (κ3) is 3.87. The molecule has 0 aromatic heterocycles. The fourth-order valence-corrected chi connectivity index (χ4v) is 3.81. The minimum Gasteiger partial charge on any atom is -0.469 e. The molecule has 104 valence electrons. The first-order valence-electron chi connectivity index (χ1n) is 6.57. The van der Waals surface area contributed by atoms with Gasteiger partial charge in [0.2, 0.25) is 0 Å². The van der Waals surface area contributed by atoms with Gasteiger partial charge < -0.3 is 14.2 Å². The highest BCUT2D eigenvalue weighted by Crippen LogP contribution is 2.35. The lowest BCUT2D eigenvalue weighted by Crippen LogP contribution is -2.32. The molecule has 0 saturated carbocycles. The van der Waals surface area contributed by atoms with Crippen LogP contribution in [0.3, 0.4) is 0 Å². The van der Waals surface area contributed by atoms with E-state index in [1.807, 2.05) is 18.7 Å². The Hall–Kier alpha value is -0.260. The zero-order valence-corrected chi connectivity index (χ0v) is 12.0. The van der Waals surface area contributed by atoms with Crippen LogP contribution in [-0.2, 0) is 19.0 Å². The second-order valence-corrected chi connectivity index (χ2v) is 6.40. The lowest BCUT2D eigenvalue weighted by molar-refractivity contribution is -0.169. The zero-order chi connectivity index (χ0) is 13.0. The van der Waals surface area contributed by atoms with Gasteiger partial charge in [0.05, 0.1) is 26.2 Å². The fourth-order valence-electron chi connectivity index (χ4n) is 2.66. The van der Waals surface area contributed by atoms with E-state index in [2.05, 4.69) is 4.74 Å². The highest BCUT2D eigenvalue weighted by atomic mass is 32.2. The van der Waals surface area contributed by atoms with Crippen LogP contribution in [0.15, 0.2) is 0 Å². The number of hydrogen-bond donors (Lipinski definition) is 0. The lowest BCUT2D eigenvalue weighted by Gasteiger charge is -2.30. The molecule has 5 heteroatoms. The van der Waals surface area contributed by atoms with Crippen molar-refractivity contribution in [2.75, 3.05) is 25.2 Å². The molecule has 0 N–H and O–H groups in total. The van der Waals surface area contributed by atoms with Crippen molar-refractivity contribution in [3.63, 3.8) is 0 Å². The van der Waals surface area contributed by atoms with Crippen LogP contribution in [-0.4, -0.2) is 43.1 Å². The maximum absolute atomic E-state index is 11.2. The van der Waals surface area contributed by atoms with Gasteiger partial charge in [-0.05, 0) is 37.2 Å². The van der Waals surface area contributed by atoms with Crippen molar-refractivity contribution < 1.29 is 19.0 Å². The first-order valence-corrected chi connectivity index (χ1v) is 7.73. The summed E-state index contributed by atoms with van der Waals surface area (Å²) in [6, 6.07) is 0. The van der Waals surface area contributed by atoms with Crippen LogP contribution in [0.2, 0.25) is 0 Å². The summed E-state index contributed by atoms with van der Waals surface area (Å²) < 4.78 is 16.3. The average molecular weight is 274 g/mol. The largest absolute Gasteiger partial charge is 0.469 e. The van der Waals surface area contributed by atoms with E-state index in [-0.39, 0.29) is 18.5 Å². The van der Waals surface area contributed by atoms with Crippen LogP contribution in [0.4, 0.5) is 0 Å². The first-order chi connectivity index (χ1) is 8.61. The predicted octanol–water partition coefficient (Wildman–Crippen LogP) is 2.21. The molecule has 0 spiro atoms. The van der Waals surface area contributed by atoms with Crippen molar-refractivity contribution >= 4 is 17.7 Å². The van der Waals surface area contributed by atoms with E-state index in [9.17, 15) is 4.79 Å². The van der Waals surface area contributed by atoms with Crippen molar-refractivity contribution in [1.82, 2.24) is 0 Å². The highest BCUT2D eigenvalue weighted by molar-refractivity contribution is 7.99. The quantitative estimate of drug-likeness (QED) is 0.735. The molecule has 3 atom stereocenters. The van der Waals surface area contributed by atoms with Crippen molar-refractivity contribution in [3.05, 3.63) is 0 Å². The Labute approximate surface area is 113 Å². The molecule has 2 aliphatic rings. The Kier molecular flexibility index (Phi) is 4.92. The number of esters is 1. The molecular weight excluding hydrogens is 252 g/mol. The number of thioether (sulfide) groups is 1. The molecule has 18 heavy (non-hydrogen) atoms. The summed E-state index contributed by atoms with van der Waals surface area (Å²) >= 11 is 2.01. The highest BCUT2D eigenvalue weighted by Gasteiger charge is 2.40. The summed E-state index contributed by atoms with van der Waals surface area (Å²) in [5, 5.41) is 0. The van der Waals surface area contributed by atoms with Crippen molar-refractivity contribution in [1.29, 1.82) is 0 Å². The molecule has 0 aromatic carbocycles. The molecule has 2 fully saturated rings. The molecule has 0 aromatic rings. The molecule has 0 amide bonds. The number of hydrogen-bond acceptors (Lipinski definition) is 5. The molecule has 0 radical (unpaired) electrons. The van der Waals surface area contributed by atoms with Gasteiger partial charge in [-0.1, -0.05) is 0 Å². The second kappa shape index (κ2) is 6.26.